The topological polar surface area (TPSA) is 84.1 Å². The van der Waals surface area contributed by atoms with E-state index in [2.05, 4.69) is 4.40 Å². The van der Waals surface area contributed by atoms with E-state index in [9.17, 15) is 13.2 Å². The van der Waals surface area contributed by atoms with Gasteiger partial charge in [0.1, 0.15) is 11.3 Å². The molecular weight excluding hydrogens is 364 g/mol. The highest BCUT2D eigenvalue weighted by molar-refractivity contribution is 7.90. The monoisotopic (exact) mass is 386 g/mol. The fourth-order valence-corrected chi connectivity index (χ4v) is 4.54. The van der Waals surface area contributed by atoms with Crippen LogP contribution in [0.4, 0.5) is 0 Å². The molecule has 7 nitrogen and oxygen atoms in total. The fraction of sp³-hybridized carbons (Fsp3) is 0.421. The maximum atomic E-state index is 13.1. The van der Waals surface area contributed by atoms with Gasteiger partial charge in [-0.25, -0.2) is 8.42 Å². The number of carbonyl (C=O) groups is 1. The number of carbonyl (C=O) groups excluding carboxylic acids is 1. The molecule has 1 aromatic heterocycles. The van der Waals surface area contributed by atoms with Gasteiger partial charge < -0.3 is 4.90 Å². The van der Waals surface area contributed by atoms with Crippen molar-refractivity contribution in [3.05, 3.63) is 53.8 Å². The van der Waals surface area contributed by atoms with Crippen molar-refractivity contribution in [2.45, 2.75) is 38.1 Å². The van der Waals surface area contributed by atoms with E-state index in [1.807, 2.05) is 18.2 Å². The van der Waals surface area contributed by atoms with E-state index in [1.165, 1.54) is 19.3 Å². The first-order valence-electron chi connectivity index (χ1n) is 9.27. The second-order valence-electron chi connectivity index (χ2n) is 7.00. The standard InChI is InChI=1S/C19H22N4O3S/c24-19(15-9-10-18-21-27(25,26)13-12-22(18)14-15)23-11-5-4-8-17(23)20-16-6-2-1-3-7-16/h4-5,8-11,14,16H,1-3,6-7,12-13H2. The minimum absolute atomic E-state index is 0.0525. The van der Waals surface area contributed by atoms with Crippen LogP contribution in [0.25, 0.3) is 0 Å². The molecule has 3 heterocycles. The average Bonchev–Trinajstić information content (AvgIpc) is 2.68. The number of aromatic nitrogens is 1. The Balaban J connectivity index is 1.64. The third kappa shape index (κ3) is 3.95. The van der Waals surface area contributed by atoms with Crippen LogP contribution >= 0.6 is 0 Å². The van der Waals surface area contributed by atoms with Crippen LogP contribution in [0, 0.1) is 0 Å². The lowest BCUT2D eigenvalue weighted by Gasteiger charge is -2.27. The number of sulfonamides is 1. The minimum Gasteiger partial charge on any atom is -0.330 e. The number of rotatable bonds is 2. The fourth-order valence-electron chi connectivity index (χ4n) is 3.57. The van der Waals surface area contributed by atoms with Crippen LogP contribution in [-0.2, 0) is 10.0 Å². The molecular formula is C19H22N4O3S. The third-order valence-electron chi connectivity index (χ3n) is 5.02. The number of hydrogen-bond acceptors (Lipinski definition) is 5. The van der Waals surface area contributed by atoms with Gasteiger partial charge in [0.05, 0.1) is 17.4 Å². The van der Waals surface area contributed by atoms with Gasteiger partial charge >= 0.3 is 0 Å². The Hall–Kier alpha value is -2.48. The molecule has 1 aliphatic carbocycles. The van der Waals surface area contributed by atoms with E-state index in [1.54, 1.807) is 34.0 Å². The normalized spacial score (nSPS) is 22.8. The van der Waals surface area contributed by atoms with Crippen LogP contribution in [0.3, 0.4) is 0 Å². The summed E-state index contributed by atoms with van der Waals surface area (Å²) in [7, 11) is -3.41. The van der Waals surface area contributed by atoms with Crippen molar-refractivity contribution in [1.82, 2.24) is 9.47 Å². The molecule has 0 amide bonds. The van der Waals surface area contributed by atoms with E-state index < -0.39 is 10.0 Å². The molecule has 0 bridgehead atoms. The highest BCUT2D eigenvalue weighted by Crippen LogP contribution is 2.20. The Bertz CT molecular complexity index is 1010. The quantitative estimate of drug-likeness (QED) is 0.777. The largest absolute Gasteiger partial charge is 0.330 e. The molecule has 1 aromatic rings. The van der Waals surface area contributed by atoms with Crippen molar-refractivity contribution in [3.8, 4) is 0 Å². The molecule has 0 atom stereocenters. The van der Waals surface area contributed by atoms with Crippen LogP contribution in [0.5, 0.6) is 0 Å². The Morgan fingerprint density at radius 1 is 1.15 bits per heavy atom. The van der Waals surface area contributed by atoms with E-state index >= 15 is 0 Å². The predicted molar refractivity (Wildman–Crippen MR) is 103 cm³/mol. The summed E-state index contributed by atoms with van der Waals surface area (Å²) >= 11 is 0. The number of hydrogen-bond donors (Lipinski definition) is 0. The zero-order chi connectivity index (χ0) is 18.9. The van der Waals surface area contributed by atoms with Crippen molar-refractivity contribution in [3.63, 3.8) is 0 Å². The Morgan fingerprint density at radius 2 is 1.96 bits per heavy atom. The maximum absolute atomic E-state index is 13.1. The first-order chi connectivity index (χ1) is 13.0. The number of allylic oxidation sites excluding steroid dienone is 2. The first-order valence-corrected chi connectivity index (χ1v) is 10.9. The van der Waals surface area contributed by atoms with E-state index in [0.29, 0.717) is 23.4 Å². The van der Waals surface area contributed by atoms with E-state index in [-0.39, 0.29) is 17.7 Å². The Morgan fingerprint density at radius 3 is 2.78 bits per heavy atom. The van der Waals surface area contributed by atoms with Gasteiger partial charge in [0, 0.05) is 18.9 Å². The summed E-state index contributed by atoms with van der Waals surface area (Å²) in [6.07, 6.45) is 12.3. The van der Waals surface area contributed by atoms with Gasteiger partial charge in [-0.2, -0.15) is 0 Å². The molecule has 0 saturated heterocycles. The zero-order valence-corrected chi connectivity index (χ0v) is 15.8. The SMILES string of the molecule is O=C(C1=CN2CCS(=O)(=O)N=C2C=C1)n1ccccc1=NC1CCCCC1. The van der Waals surface area contributed by atoms with E-state index in [4.69, 9.17) is 4.99 Å². The Labute approximate surface area is 158 Å². The van der Waals surface area contributed by atoms with Crippen LogP contribution in [0.15, 0.2) is 57.7 Å². The molecule has 27 heavy (non-hydrogen) atoms. The lowest BCUT2D eigenvalue weighted by molar-refractivity contribution is 0.0952. The van der Waals surface area contributed by atoms with Crippen LogP contribution < -0.4 is 5.49 Å². The predicted octanol–water partition coefficient (Wildman–Crippen LogP) is 1.86. The molecule has 3 aliphatic rings. The molecule has 142 valence electrons. The summed E-state index contributed by atoms with van der Waals surface area (Å²) < 4.78 is 28.6. The summed E-state index contributed by atoms with van der Waals surface area (Å²) in [6, 6.07) is 5.82. The summed E-state index contributed by atoms with van der Waals surface area (Å²) in [4.78, 5) is 19.6. The van der Waals surface area contributed by atoms with Crippen molar-refractivity contribution >= 4 is 21.8 Å². The number of nitrogens with zero attached hydrogens (tertiary/aromatic N) is 4. The van der Waals surface area contributed by atoms with Gasteiger partial charge in [-0.1, -0.05) is 25.3 Å². The van der Waals surface area contributed by atoms with Crippen molar-refractivity contribution in [1.29, 1.82) is 0 Å². The van der Waals surface area contributed by atoms with Crippen molar-refractivity contribution < 1.29 is 13.2 Å². The second-order valence-corrected chi connectivity index (χ2v) is 8.76. The second kappa shape index (κ2) is 7.26. The molecule has 0 unspecified atom stereocenters. The van der Waals surface area contributed by atoms with Crippen molar-refractivity contribution in [2.24, 2.45) is 9.39 Å². The molecule has 2 aliphatic heterocycles. The molecule has 0 N–H and O–H groups in total. The summed E-state index contributed by atoms with van der Waals surface area (Å²) in [5, 5.41) is 0. The molecule has 8 heteroatoms. The molecule has 1 fully saturated rings. The molecule has 0 aromatic carbocycles. The van der Waals surface area contributed by atoms with Gasteiger partial charge in [0.25, 0.3) is 15.9 Å². The average molecular weight is 386 g/mol. The lowest BCUT2D eigenvalue weighted by Crippen LogP contribution is -2.38. The third-order valence-corrected chi connectivity index (χ3v) is 6.18. The molecule has 1 saturated carbocycles. The highest BCUT2D eigenvalue weighted by Gasteiger charge is 2.25. The molecule has 0 radical (unpaired) electrons. The first kappa shape index (κ1) is 17.9. The number of amidine groups is 1. The number of pyridine rings is 1. The van der Waals surface area contributed by atoms with Gasteiger partial charge in [-0.3, -0.25) is 14.4 Å². The smallest absolute Gasteiger partial charge is 0.265 e. The van der Waals surface area contributed by atoms with Crippen LogP contribution in [0.1, 0.15) is 36.9 Å². The van der Waals surface area contributed by atoms with Gasteiger partial charge in [0.15, 0.2) is 0 Å². The zero-order valence-electron chi connectivity index (χ0n) is 15.0. The maximum Gasteiger partial charge on any atom is 0.265 e. The van der Waals surface area contributed by atoms with Crippen LogP contribution in [0.2, 0.25) is 0 Å². The Kier molecular flexibility index (Phi) is 4.82. The number of fused-ring (bicyclic) bond motifs is 1. The minimum atomic E-state index is -3.41. The van der Waals surface area contributed by atoms with Gasteiger partial charge in [0.2, 0.25) is 0 Å². The van der Waals surface area contributed by atoms with Crippen molar-refractivity contribution in [2.75, 3.05) is 12.3 Å². The van der Waals surface area contributed by atoms with Gasteiger partial charge in [-0.15, -0.1) is 4.40 Å². The summed E-state index contributed by atoms with van der Waals surface area (Å²) in [5.41, 5.74) is 1.13. The molecule has 0 spiro atoms. The highest BCUT2D eigenvalue weighted by atomic mass is 32.2. The van der Waals surface area contributed by atoms with E-state index in [0.717, 1.165) is 12.8 Å². The van der Waals surface area contributed by atoms with Gasteiger partial charge in [-0.05, 0) is 37.1 Å². The van der Waals surface area contributed by atoms with Crippen LogP contribution in [-0.4, -0.2) is 48.0 Å². The summed E-state index contributed by atoms with van der Waals surface area (Å²) in [6.45, 7) is 0.293. The lowest BCUT2D eigenvalue weighted by atomic mass is 9.96. The molecule has 4 rings (SSSR count). The summed E-state index contributed by atoms with van der Waals surface area (Å²) in [5.74, 6) is 0.111.